The molecule has 4 rings (SSSR count). The van der Waals surface area contributed by atoms with Gasteiger partial charge in [0.25, 0.3) is 0 Å². The number of azo groups is 2. The molecule has 14 nitrogen and oxygen atoms in total. The summed E-state index contributed by atoms with van der Waals surface area (Å²) in [5.41, 5.74) is 2.66. The van der Waals surface area contributed by atoms with E-state index in [0.29, 0.717) is 34.4 Å². The Labute approximate surface area is 320 Å². The van der Waals surface area contributed by atoms with Gasteiger partial charge in [0, 0.05) is 11.1 Å². The Balaban J connectivity index is 0.00000323. The van der Waals surface area contributed by atoms with Crippen molar-refractivity contribution in [1.29, 1.82) is 0 Å². The number of benzene rings is 4. The smallest absolute Gasteiger partial charge is 0.747 e. The third kappa shape index (κ3) is 11.6. The van der Waals surface area contributed by atoms with Gasteiger partial charge in [-0.3, -0.25) is 0 Å². The van der Waals surface area contributed by atoms with Crippen molar-refractivity contribution in [1.82, 2.24) is 0 Å². The molecule has 0 saturated carbocycles. The van der Waals surface area contributed by atoms with Crippen molar-refractivity contribution in [2.75, 3.05) is 11.2 Å². The molecule has 0 fully saturated rings. The fourth-order valence-electron chi connectivity index (χ4n) is 3.56. The van der Waals surface area contributed by atoms with Crippen molar-refractivity contribution in [3.8, 4) is 0 Å². The fraction of sp³-hybridized carbons (Fsp3) is 0.0833. The summed E-state index contributed by atoms with van der Waals surface area (Å²) in [6, 6.07) is 16.6. The van der Waals surface area contributed by atoms with Gasteiger partial charge in [-0.25, -0.2) is 25.3 Å². The van der Waals surface area contributed by atoms with E-state index >= 15 is 0 Å². The van der Waals surface area contributed by atoms with Crippen LogP contribution in [0.25, 0.3) is 10.8 Å². The molecular weight excluding hydrogens is 667 g/mol. The Morgan fingerprint density at radius 2 is 1.18 bits per heavy atom. The Hall–Kier alpha value is -1.13. The topological polar surface area (TPSA) is 233 Å². The monoisotopic (exact) mass is 685 g/mol. The molecule has 0 spiro atoms. The second kappa shape index (κ2) is 16.6. The number of nitrogens with one attached hydrogen (secondary N) is 1. The van der Waals surface area contributed by atoms with Crippen LogP contribution in [-0.2, 0) is 30.4 Å². The molecule has 0 radical (unpaired) electrons. The molecule has 1 N–H and O–H groups in total. The van der Waals surface area contributed by atoms with Crippen molar-refractivity contribution in [3.63, 3.8) is 0 Å². The summed E-state index contributed by atoms with van der Waals surface area (Å²) in [5, 5.41) is 18.8. The van der Waals surface area contributed by atoms with Crippen molar-refractivity contribution < 1.29 is 128 Å². The van der Waals surface area contributed by atoms with Crippen molar-refractivity contribution in [2.24, 2.45) is 20.5 Å². The van der Waals surface area contributed by atoms with Gasteiger partial charge in [0.1, 0.15) is 36.2 Å². The van der Waals surface area contributed by atoms with E-state index in [1.807, 2.05) is 0 Å². The molecular formula is C24H18N5Na3O9S3. The first-order valence-electron chi connectivity index (χ1n) is 11.3. The number of fused-ring (bicyclic) bond motifs is 1. The van der Waals surface area contributed by atoms with Gasteiger partial charge in [-0.2, -0.15) is 20.5 Å². The SMILES string of the molecule is Cc1cc(NCS(=O)(=O)[O-])ccc1N=Nc1ccc(N=Nc2ccc3cc(S(=O)(=O)[O-])cc(S(=O)(=O)[O-])c3c2)cc1.[Na+].[Na+].[Na+]. The molecule has 0 aliphatic carbocycles. The van der Waals surface area contributed by atoms with E-state index in [-0.39, 0.29) is 105 Å². The molecule has 0 amide bonds. The number of rotatable bonds is 9. The molecule has 4 aromatic rings. The first kappa shape index (κ1) is 40.9. The van der Waals surface area contributed by atoms with Gasteiger partial charge in [-0.1, -0.05) is 6.07 Å². The maximum atomic E-state index is 11.7. The summed E-state index contributed by atoms with van der Waals surface area (Å²) in [7, 11) is -14.5. The molecule has 0 saturated heterocycles. The molecule has 4 aromatic carbocycles. The summed E-state index contributed by atoms with van der Waals surface area (Å²) in [6.45, 7) is 1.74. The maximum absolute atomic E-state index is 11.7. The number of hydrogen-bond acceptors (Lipinski definition) is 14. The van der Waals surface area contributed by atoms with Gasteiger partial charge in [-0.05, 0) is 84.6 Å². The standard InChI is InChI=1S/C24H21N5O9S3.3Na/c1-15-10-19(25-14-39(30,31)32)8-9-23(15)29-27-18-6-4-17(5-7-18)26-28-20-3-2-16-11-21(40(33,34)35)13-24(22(16)12-20)41(36,37)38;;;/h2-13,25H,14H2,1H3,(H,30,31,32)(H,33,34,35)(H,36,37,38);;;/q;3*+1/p-3. The Morgan fingerprint density at radius 1 is 0.636 bits per heavy atom. The second-order valence-electron chi connectivity index (χ2n) is 8.53. The van der Waals surface area contributed by atoms with Crippen molar-refractivity contribution in [2.45, 2.75) is 16.7 Å². The summed E-state index contributed by atoms with van der Waals surface area (Å²) < 4.78 is 102. The summed E-state index contributed by atoms with van der Waals surface area (Å²) >= 11 is 0. The van der Waals surface area contributed by atoms with Crippen LogP contribution >= 0.6 is 0 Å². The van der Waals surface area contributed by atoms with Crippen LogP contribution in [0.3, 0.4) is 0 Å². The number of hydrogen-bond donors (Lipinski definition) is 1. The average Bonchev–Trinajstić information content (AvgIpc) is 2.88. The third-order valence-electron chi connectivity index (χ3n) is 5.49. The average molecular weight is 686 g/mol. The van der Waals surface area contributed by atoms with E-state index in [0.717, 1.165) is 6.07 Å². The van der Waals surface area contributed by atoms with E-state index in [1.54, 1.807) is 49.4 Å². The molecule has 0 aliphatic heterocycles. The predicted molar refractivity (Wildman–Crippen MR) is 144 cm³/mol. The Kier molecular flexibility index (Phi) is 15.4. The first-order chi connectivity index (χ1) is 19.1. The summed E-state index contributed by atoms with van der Waals surface area (Å²) in [6.07, 6.45) is 0. The van der Waals surface area contributed by atoms with E-state index in [2.05, 4.69) is 25.8 Å². The minimum absolute atomic E-state index is 0. The largest absolute Gasteiger partial charge is 1.00 e. The molecule has 0 atom stereocenters. The molecule has 44 heavy (non-hydrogen) atoms. The van der Waals surface area contributed by atoms with Gasteiger partial charge in [0.05, 0.1) is 32.5 Å². The van der Waals surface area contributed by atoms with Gasteiger partial charge >= 0.3 is 88.7 Å². The zero-order valence-electron chi connectivity index (χ0n) is 23.8. The predicted octanol–water partition coefficient (Wildman–Crippen LogP) is -4.29. The molecule has 0 heterocycles. The van der Waals surface area contributed by atoms with Crippen LogP contribution in [-0.4, -0.2) is 44.8 Å². The van der Waals surface area contributed by atoms with Gasteiger partial charge in [0.2, 0.25) is 0 Å². The molecule has 0 bridgehead atoms. The van der Waals surface area contributed by atoms with Crippen LogP contribution in [0.1, 0.15) is 5.56 Å². The molecule has 0 unspecified atom stereocenters. The van der Waals surface area contributed by atoms with Crippen LogP contribution in [0.2, 0.25) is 0 Å². The van der Waals surface area contributed by atoms with Crippen LogP contribution in [0.5, 0.6) is 0 Å². The zero-order chi connectivity index (χ0) is 30.0. The minimum Gasteiger partial charge on any atom is -0.747 e. The molecule has 20 heteroatoms. The maximum Gasteiger partial charge on any atom is 1.00 e. The second-order valence-corrected chi connectivity index (χ2v) is 12.7. The van der Waals surface area contributed by atoms with Gasteiger partial charge in [0.15, 0.2) is 0 Å². The number of aryl methyl sites for hydroxylation is 1. The van der Waals surface area contributed by atoms with Crippen LogP contribution in [0, 0.1) is 6.92 Å². The quantitative estimate of drug-likeness (QED) is 0.101. The van der Waals surface area contributed by atoms with E-state index in [4.69, 9.17) is 0 Å². The fourth-order valence-corrected chi connectivity index (χ4v) is 5.23. The van der Waals surface area contributed by atoms with Crippen LogP contribution in [0.15, 0.2) is 103 Å². The summed E-state index contributed by atoms with van der Waals surface area (Å²) in [5.74, 6) is -0.739. The molecule has 0 aliphatic rings. The minimum atomic E-state index is -5.12. The molecule has 214 valence electrons. The first-order valence-corrected chi connectivity index (χ1v) is 15.7. The van der Waals surface area contributed by atoms with Crippen molar-refractivity contribution >= 4 is 69.6 Å². The van der Waals surface area contributed by atoms with Crippen LogP contribution < -0.4 is 94.0 Å². The van der Waals surface area contributed by atoms with Crippen LogP contribution in [0.4, 0.5) is 28.4 Å². The van der Waals surface area contributed by atoms with Crippen molar-refractivity contribution in [3.05, 3.63) is 78.4 Å². The number of nitrogens with zero attached hydrogens (tertiary/aromatic N) is 4. The molecule has 0 aromatic heterocycles. The summed E-state index contributed by atoms with van der Waals surface area (Å²) in [4.78, 5) is -1.71. The van der Waals surface area contributed by atoms with E-state index in [1.165, 1.54) is 18.2 Å². The van der Waals surface area contributed by atoms with Gasteiger partial charge < -0.3 is 19.0 Å². The normalized spacial score (nSPS) is 12.0. The zero-order valence-corrected chi connectivity index (χ0v) is 32.3. The van der Waals surface area contributed by atoms with Gasteiger partial charge in [-0.15, -0.1) is 0 Å². The van der Waals surface area contributed by atoms with E-state index in [9.17, 15) is 38.9 Å². The Bertz CT molecular complexity index is 2040. The van der Waals surface area contributed by atoms with E-state index < -0.39 is 46.0 Å². The third-order valence-corrected chi connectivity index (χ3v) is 7.67. The number of anilines is 1. The Morgan fingerprint density at radius 3 is 1.70 bits per heavy atom.